The minimum atomic E-state index is 0. The molecule has 0 amide bonds. The van der Waals surface area contributed by atoms with Crippen LogP contribution < -0.4 is 10.1 Å². The number of aromatic amines is 1. The van der Waals surface area contributed by atoms with Gasteiger partial charge in [-0.25, -0.2) is 4.98 Å². The molecule has 0 aliphatic heterocycles. The third-order valence-electron chi connectivity index (χ3n) is 2.71. The predicted octanol–water partition coefficient (Wildman–Crippen LogP) is 2.21. The van der Waals surface area contributed by atoms with Crippen molar-refractivity contribution in [2.24, 2.45) is 0 Å². The Kier molecular flexibility index (Phi) is 4.67. The van der Waals surface area contributed by atoms with Gasteiger partial charge in [-0.1, -0.05) is 5.39 Å². The van der Waals surface area contributed by atoms with Crippen LogP contribution in [0.2, 0.25) is 0 Å². The van der Waals surface area contributed by atoms with Crippen LogP contribution in [0.4, 0.5) is 11.6 Å². The predicted molar refractivity (Wildman–Crippen MR) is 71.5 cm³/mol. The zero-order valence-corrected chi connectivity index (χ0v) is 14.0. The van der Waals surface area contributed by atoms with Crippen LogP contribution in [0.1, 0.15) is 5.69 Å². The second kappa shape index (κ2) is 6.28. The van der Waals surface area contributed by atoms with Crippen LogP contribution in [-0.4, -0.2) is 27.3 Å². The molecular formula is C13H12N5OY-. The summed E-state index contributed by atoms with van der Waals surface area (Å²) in [4.78, 5) is 8.44. The van der Waals surface area contributed by atoms with Crippen molar-refractivity contribution in [2.75, 3.05) is 12.4 Å². The summed E-state index contributed by atoms with van der Waals surface area (Å²) in [6.07, 6.45) is 1.50. The molecule has 0 atom stereocenters. The summed E-state index contributed by atoms with van der Waals surface area (Å²) in [7, 11) is 1.60. The molecule has 6 nitrogen and oxygen atoms in total. The van der Waals surface area contributed by atoms with Crippen LogP contribution in [0, 0.1) is 13.0 Å². The monoisotopic (exact) mass is 343 g/mol. The second-order valence-corrected chi connectivity index (χ2v) is 4.08. The van der Waals surface area contributed by atoms with E-state index < -0.39 is 0 Å². The van der Waals surface area contributed by atoms with Crippen LogP contribution in [0.25, 0.3) is 10.9 Å². The Bertz CT molecular complexity index is 728. The van der Waals surface area contributed by atoms with E-state index in [2.05, 4.69) is 31.5 Å². The van der Waals surface area contributed by atoms with E-state index in [9.17, 15) is 0 Å². The number of aromatic nitrogens is 4. The smallest absolute Gasteiger partial charge is 0.153 e. The number of aryl methyl sites for hydroxylation is 1. The maximum Gasteiger partial charge on any atom is 0.153 e. The van der Waals surface area contributed by atoms with Crippen LogP contribution in [-0.2, 0) is 32.7 Å². The van der Waals surface area contributed by atoms with Crippen molar-refractivity contribution in [1.82, 2.24) is 20.2 Å². The van der Waals surface area contributed by atoms with Gasteiger partial charge in [-0.2, -0.15) is 5.10 Å². The summed E-state index contributed by atoms with van der Waals surface area (Å²) < 4.78 is 5.17. The molecule has 3 aromatic rings. The van der Waals surface area contributed by atoms with Gasteiger partial charge >= 0.3 is 0 Å². The summed E-state index contributed by atoms with van der Waals surface area (Å²) in [5, 5.41) is 11.0. The van der Waals surface area contributed by atoms with Crippen LogP contribution in [0.5, 0.6) is 5.75 Å². The van der Waals surface area contributed by atoms with Gasteiger partial charge in [0.25, 0.3) is 0 Å². The Hall–Kier alpha value is -1.53. The Morgan fingerprint density at radius 2 is 2.15 bits per heavy atom. The fourth-order valence-electron chi connectivity index (χ4n) is 1.80. The van der Waals surface area contributed by atoms with Gasteiger partial charge < -0.3 is 15.0 Å². The molecule has 20 heavy (non-hydrogen) atoms. The molecule has 0 saturated carbocycles. The van der Waals surface area contributed by atoms with E-state index in [1.807, 2.05) is 19.1 Å². The first-order valence-corrected chi connectivity index (χ1v) is 5.76. The molecule has 0 aliphatic carbocycles. The van der Waals surface area contributed by atoms with E-state index >= 15 is 0 Å². The largest absolute Gasteiger partial charge is 0.523 e. The van der Waals surface area contributed by atoms with Gasteiger partial charge in [0, 0.05) is 50.2 Å². The van der Waals surface area contributed by atoms with Gasteiger partial charge in [0.05, 0.1) is 7.11 Å². The Balaban J connectivity index is 0.00000147. The third kappa shape index (κ3) is 2.97. The molecule has 0 unspecified atom stereocenters. The van der Waals surface area contributed by atoms with Crippen molar-refractivity contribution >= 4 is 22.5 Å². The van der Waals surface area contributed by atoms with Gasteiger partial charge in [-0.3, -0.25) is 5.10 Å². The molecule has 0 saturated heterocycles. The van der Waals surface area contributed by atoms with Gasteiger partial charge in [0.1, 0.15) is 12.1 Å². The van der Waals surface area contributed by atoms with Gasteiger partial charge in [-0.15, -0.1) is 18.2 Å². The number of hydrogen-bond acceptors (Lipinski definition) is 5. The van der Waals surface area contributed by atoms with Gasteiger partial charge in [0.2, 0.25) is 0 Å². The number of ether oxygens (including phenoxy) is 1. The maximum absolute atomic E-state index is 5.17. The zero-order valence-electron chi connectivity index (χ0n) is 11.1. The zero-order chi connectivity index (χ0) is 13.2. The standard InChI is InChI=1S/C13H12N5O.Y/c1-8-5-12(18-17-8)16-13-10-6-9(19-2)3-4-11(10)14-7-15-13;/h4-7H,1-2H3,(H2,14,15,16,17,18);/q-1;. The summed E-state index contributed by atoms with van der Waals surface area (Å²) in [5.74, 6) is 2.04. The minimum Gasteiger partial charge on any atom is -0.523 e. The van der Waals surface area contributed by atoms with E-state index in [0.717, 1.165) is 16.6 Å². The van der Waals surface area contributed by atoms with Crippen molar-refractivity contribution in [3.05, 3.63) is 36.3 Å². The number of nitrogens with zero attached hydrogens (tertiary/aromatic N) is 3. The summed E-state index contributed by atoms with van der Waals surface area (Å²) in [5.41, 5.74) is 1.78. The van der Waals surface area contributed by atoms with E-state index in [1.54, 1.807) is 13.2 Å². The first-order valence-electron chi connectivity index (χ1n) is 5.76. The summed E-state index contributed by atoms with van der Waals surface area (Å²) in [6.45, 7) is 1.94. The van der Waals surface area contributed by atoms with E-state index in [0.29, 0.717) is 17.4 Å². The molecule has 0 fully saturated rings. The Labute approximate surface area is 141 Å². The Morgan fingerprint density at radius 1 is 1.30 bits per heavy atom. The van der Waals surface area contributed by atoms with E-state index in [1.165, 1.54) is 6.33 Å². The number of rotatable bonds is 3. The molecule has 0 aliphatic rings. The third-order valence-corrected chi connectivity index (χ3v) is 2.71. The molecule has 2 aromatic heterocycles. The topological polar surface area (TPSA) is 75.7 Å². The molecule has 0 bridgehead atoms. The molecule has 7 heteroatoms. The SMILES string of the molecule is COc1[c-]cc2ncnc(Nc3cc(C)[nH]n3)c2c1.[Y]. The molecule has 99 valence electrons. The molecule has 1 aromatic carbocycles. The number of benzene rings is 1. The molecular weight excluding hydrogens is 331 g/mol. The van der Waals surface area contributed by atoms with Crippen molar-refractivity contribution in [3.63, 3.8) is 0 Å². The first-order chi connectivity index (χ1) is 9.26. The average molecular weight is 343 g/mol. The quantitative estimate of drug-likeness (QED) is 0.713. The molecule has 1 radical (unpaired) electrons. The molecule has 0 spiro atoms. The second-order valence-electron chi connectivity index (χ2n) is 4.08. The Morgan fingerprint density at radius 3 is 2.85 bits per heavy atom. The number of H-pyrrole nitrogens is 1. The summed E-state index contributed by atoms with van der Waals surface area (Å²) >= 11 is 0. The normalized spacial score (nSPS) is 10.1. The number of nitrogens with one attached hydrogen (secondary N) is 2. The molecule has 2 N–H and O–H groups in total. The fourth-order valence-corrected chi connectivity index (χ4v) is 1.80. The molecule has 3 rings (SSSR count). The maximum atomic E-state index is 5.17. The first kappa shape index (κ1) is 14.9. The van der Waals surface area contributed by atoms with Crippen LogP contribution >= 0.6 is 0 Å². The van der Waals surface area contributed by atoms with Crippen molar-refractivity contribution in [3.8, 4) is 5.75 Å². The fraction of sp³-hybridized carbons (Fsp3) is 0.154. The number of anilines is 2. The summed E-state index contributed by atoms with van der Waals surface area (Å²) in [6, 6.07) is 8.52. The van der Waals surface area contributed by atoms with E-state index in [-0.39, 0.29) is 32.7 Å². The average Bonchev–Trinajstić information content (AvgIpc) is 2.84. The van der Waals surface area contributed by atoms with Crippen LogP contribution in [0.3, 0.4) is 0 Å². The minimum absolute atomic E-state index is 0. The number of methoxy groups -OCH3 is 1. The van der Waals surface area contributed by atoms with Crippen molar-refractivity contribution in [2.45, 2.75) is 6.92 Å². The van der Waals surface area contributed by atoms with Crippen LogP contribution in [0.15, 0.2) is 24.5 Å². The van der Waals surface area contributed by atoms with E-state index in [4.69, 9.17) is 4.74 Å². The van der Waals surface area contributed by atoms with Crippen molar-refractivity contribution < 1.29 is 37.4 Å². The number of fused-ring (bicyclic) bond motifs is 1. The number of hydrogen-bond donors (Lipinski definition) is 2. The van der Waals surface area contributed by atoms with Crippen molar-refractivity contribution in [1.29, 1.82) is 0 Å². The molecule has 2 heterocycles. The van der Waals surface area contributed by atoms with Gasteiger partial charge in [-0.05, 0) is 12.4 Å². The van der Waals surface area contributed by atoms with Gasteiger partial charge in [0.15, 0.2) is 5.82 Å².